The summed E-state index contributed by atoms with van der Waals surface area (Å²) in [5.74, 6) is 0.482. The first-order valence-electron chi connectivity index (χ1n) is 10.9. The van der Waals surface area contributed by atoms with Crippen molar-refractivity contribution in [2.24, 2.45) is 0 Å². The second-order valence-electron chi connectivity index (χ2n) is 8.05. The number of para-hydroxylation sites is 1. The zero-order chi connectivity index (χ0) is 25.3. The Morgan fingerprint density at radius 2 is 1.78 bits per heavy atom. The highest BCUT2D eigenvalue weighted by atomic mass is 32.2. The van der Waals surface area contributed by atoms with Crippen LogP contribution in [0.25, 0.3) is 6.08 Å². The number of amides is 2. The molecule has 0 aromatic heterocycles. The number of anilines is 1. The van der Waals surface area contributed by atoms with Gasteiger partial charge < -0.3 is 14.8 Å². The van der Waals surface area contributed by atoms with Crippen molar-refractivity contribution in [1.29, 1.82) is 0 Å². The number of hydrogen-bond acceptors (Lipinski definition) is 5. The number of alkyl halides is 3. The van der Waals surface area contributed by atoms with Gasteiger partial charge in [-0.15, -0.1) is 0 Å². The van der Waals surface area contributed by atoms with Crippen LogP contribution in [0.2, 0.25) is 0 Å². The number of carbonyl (C=O) groups excluding carboxylic acids is 2. The van der Waals surface area contributed by atoms with Gasteiger partial charge in [-0.2, -0.15) is 13.2 Å². The van der Waals surface area contributed by atoms with Crippen LogP contribution in [0.5, 0.6) is 11.5 Å². The fraction of sp³-hybridized carbons (Fsp3) is 0.154. The van der Waals surface area contributed by atoms with Crippen molar-refractivity contribution in [2.45, 2.75) is 17.6 Å². The second-order valence-corrected chi connectivity index (χ2v) is 9.14. The van der Waals surface area contributed by atoms with Gasteiger partial charge in [0, 0.05) is 11.4 Å². The smallest absolute Gasteiger partial charge is 0.416 e. The first-order chi connectivity index (χ1) is 17.3. The Morgan fingerprint density at radius 3 is 2.56 bits per heavy atom. The summed E-state index contributed by atoms with van der Waals surface area (Å²) < 4.78 is 49.3. The third-order valence-corrected chi connectivity index (χ3v) is 6.67. The quantitative estimate of drug-likeness (QED) is 0.475. The number of rotatable bonds is 5. The molecule has 2 aliphatic rings. The van der Waals surface area contributed by atoms with Gasteiger partial charge in [-0.1, -0.05) is 42.1 Å². The molecule has 2 amide bonds. The number of halogens is 3. The Hall–Kier alpha value is -3.92. The summed E-state index contributed by atoms with van der Waals surface area (Å²) >= 11 is 1.21. The molecule has 3 aromatic rings. The molecule has 0 radical (unpaired) electrons. The average molecular weight is 513 g/mol. The number of benzene rings is 3. The lowest BCUT2D eigenvalue weighted by atomic mass is 10.1. The zero-order valence-corrected chi connectivity index (χ0v) is 19.5. The highest BCUT2D eigenvalue weighted by Crippen LogP contribution is 2.42. The van der Waals surface area contributed by atoms with E-state index < -0.39 is 17.6 Å². The van der Waals surface area contributed by atoms with Gasteiger partial charge in [-0.3, -0.25) is 14.5 Å². The van der Waals surface area contributed by atoms with E-state index in [1.807, 2.05) is 18.2 Å². The van der Waals surface area contributed by atoms with Gasteiger partial charge in [-0.25, -0.2) is 0 Å². The minimum atomic E-state index is -4.44. The molecule has 36 heavy (non-hydrogen) atoms. The molecular formula is C26H19F3N2O4S. The lowest BCUT2D eigenvalue weighted by Crippen LogP contribution is -2.42. The molecule has 0 bridgehead atoms. The van der Waals surface area contributed by atoms with Gasteiger partial charge in [-0.05, 0) is 53.6 Å². The summed E-state index contributed by atoms with van der Waals surface area (Å²) in [4.78, 5) is 28.5. The molecular weight excluding hydrogens is 493 g/mol. The van der Waals surface area contributed by atoms with E-state index in [2.05, 4.69) is 5.32 Å². The number of nitrogens with one attached hydrogen (secondary N) is 1. The number of carbonyl (C=O) groups is 2. The molecule has 0 aliphatic carbocycles. The first-order valence-corrected chi connectivity index (χ1v) is 11.7. The Balaban J connectivity index is 1.32. The van der Waals surface area contributed by atoms with Crippen molar-refractivity contribution in [3.8, 4) is 11.5 Å². The van der Waals surface area contributed by atoms with E-state index in [1.165, 1.54) is 34.9 Å². The van der Waals surface area contributed by atoms with Crippen molar-refractivity contribution in [2.75, 3.05) is 18.2 Å². The van der Waals surface area contributed by atoms with Gasteiger partial charge >= 0.3 is 6.18 Å². The summed E-state index contributed by atoms with van der Waals surface area (Å²) in [6, 6.07) is 17.1. The predicted octanol–water partition coefficient (Wildman–Crippen LogP) is 5.23. The van der Waals surface area contributed by atoms with E-state index in [9.17, 15) is 22.8 Å². The van der Waals surface area contributed by atoms with E-state index in [4.69, 9.17) is 9.47 Å². The van der Waals surface area contributed by atoms with Crippen molar-refractivity contribution < 1.29 is 32.2 Å². The van der Waals surface area contributed by atoms with Crippen molar-refractivity contribution in [3.63, 3.8) is 0 Å². The van der Waals surface area contributed by atoms with E-state index in [-0.39, 0.29) is 25.8 Å². The van der Waals surface area contributed by atoms with Gasteiger partial charge in [0.15, 0.2) is 11.5 Å². The van der Waals surface area contributed by atoms with Crippen molar-refractivity contribution in [3.05, 3.63) is 88.3 Å². The van der Waals surface area contributed by atoms with Gasteiger partial charge in [0.25, 0.3) is 5.91 Å². The summed E-state index contributed by atoms with van der Waals surface area (Å²) in [6.45, 7) is 0.176. The fourth-order valence-electron chi connectivity index (χ4n) is 3.79. The largest absolute Gasteiger partial charge is 0.454 e. The molecule has 5 rings (SSSR count). The van der Waals surface area contributed by atoms with E-state index in [0.29, 0.717) is 27.7 Å². The Bertz CT molecular complexity index is 1360. The molecule has 0 saturated carbocycles. The highest BCUT2D eigenvalue weighted by molar-refractivity contribution is 8.04. The first kappa shape index (κ1) is 23.8. The molecule has 0 saturated heterocycles. The van der Waals surface area contributed by atoms with Crippen LogP contribution in [0.4, 0.5) is 18.9 Å². The van der Waals surface area contributed by atoms with Crippen LogP contribution in [-0.4, -0.2) is 25.2 Å². The third-order valence-electron chi connectivity index (χ3n) is 5.60. The minimum absolute atomic E-state index is 0.155. The molecule has 3 aromatic carbocycles. The maximum absolute atomic E-state index is 13.3. The molecule has 0 spiro atoms. The minimum Gasteiger partial charge on any atom is -0.454 e. The van der Waals surface area contributed by atoms with Crippen LogP contribution in [0, 0.1) is 0 Å². The maximum atomic E-state index is 13.3. The van der Waals surface area contributed by atoms with Crippen LogP contribution >= 0.6 is 11.8 Å². The molecule has 1 N–H and O–H groups in total. The molecule has 2 heterocycles. The van der Waals surface area contributed by atoms with E-state index in [1.54, 1.807) is 24.3 Å². The number of nitrogens with zero attached hydrogens (tertiary/aromatic N) is 1. The SMILES string of the molecule is O=C(CN1C(=O)/C(=C/c2ccc(C(F)(F)F)cc2)Sc2ccccc21)NCc1ccc2c(c1)OCO2. The topological polar surface area (TPSA) is 67.9 Å². The number of thioether (sulfide) groups is 1. The lowest BCUT2D eigenvalue weighted by molar-refractivity contribution is -0.137. The van der Waals surface area contributed by atoms with Crippen LogP contribution < -0.4 is 19.7 Å². The normalized spacial score (nSPS) is 15.7. The third kappa shape index (κ3) is 5.03. The summed E-state index contributed by atoms with van der Waals surface area (Å²) in [5.41, 5.74) is 1.09. The highest BCUT2D eigenvalue weighted by Gasteiger charge is 2.32. The Labute approximate surface area is 208 Å². The summed E-state index contributed by atoms with van der Waals surface area (Å²) in [7, 11) is 0. The zero-order valence-electron chi connectivity index (χ0n) is 18.7. The fourth-order valence-corrected chi connectivity index (χ4v) is 4.85. The molecule has 0 fully saturated rings. The molecule has 2 aliphatic heterocycles. The number of ether oxygens (including phenoxy) is 2. The molecule has 184 valence electrons. The van der Waals surface area contributed by atoms with Crippen molar-refractivity contribution >= 4 is 35.3 Å². The second kappa shape index (κ2) is 9.62. The van der Waals surface area contributed by atoms with Crippen LogP contribution in [0.15, 0.2) is 76.5 Å². The average Bonchev–Trinajstić information content (AvgIpc) is 3.33. The van der Waals surface area contributed by atoms with Gasteiger partial charge in [0.1, 0.15) is 6.54 Å². The number of fused-ring (bicyclic) bond motifs is 2. The maximum Gasteiger partial charge on any atom is 0.416 e. The summed E-state index contributed by atoms with van der Waals surface area (Å²) in [6.07, 6.45) is -2.91. The molecule has 6 nitrogen and oxygen atoms in total. The van der Waals surface area contributed by atoms with Crippen LogP contribution in [0.1, 0.15) is 16.7 Å². The number of hydrogen-bond donors (Lipinski definition) is 1. The standard InChI is InChI=1S/C26H19F3N2O4S/c27-26(28,29)18-8-5-16(6-9-18)12-23-25(33)31(19-3-1-2-4-22(19)36-23)14-24(32)30-13-17-7-10-20-21(11-17)35-15-34-20/h1-12H,13-15H2,(H,30,32)/b23-12-. The molecule has 10 heteroatoms. The van der Waals surface area contributed by atoms with Crippen LogP contribution in [0.3, 0.4) is 0 Å². The van der Waals surface area contributed by atoms with Gasteiger partial charge in [0.05, 0.1) is 16.2 Å². The van der Waals surface area contributed by atoms with E-state index in [0.717, 1.165) is 22.6 Å². The van der Waals surface area contributed by atoms with Gasteiger partial charge in [0.2, 0.25) is 12.7 Å². The van der Waals surface area contributed by atoms with Crippen LogP contribution in [-0.2, 0) is 22.3 Å². The molecule has 0 atom stereocenters. The van der Waals surface area contributed by atoms with E-state index >= 15 is 0 Å². The summed E-state index contributed by atoms with van der Waals surface area (Å²) in [5, 5.41) is 2.81. The predicted molar refractivity (Wildman–Crippen MR) is 128 cm³/mol. The lowest BCUT2D eigenvalue weighted by Gasteiger charge is -2.29. The molecule has 0 unspecified atom stereocenters. The Morgan fingerprint density at radius 1 is 1.03 bits per heavy atom. The Kier molecular flexibility index (Phi) is 6.36. The monoisotopic (exact) mass is 512 g/mol. The van der Waals surface area contributed by atoms with Crippen molar-refractivity contribution in [1.82, 2.24) is 5.32 Å².